The molecule has 0 atom stereocenters. The summed E-state index contributed by atoms with van der Waals surface area (Å²) in [6.07, 6.45) is 1.73. The maximum atomic E-state index is 4.30. The molecule has 19 heavy (non-hydrogen) atoms. The number of H-pyrrole nitrogens is 1. The van der Waals surface area contributed by atoms with Crippen LogP contribution in [0.25, 0.3) is 10.8 Å². The van der Waals surface area contributed by atoms with E-state index in [-0.39, 0.29) is 0 Å². The van der Waals surface area contributed by atoms with E-state index in [1.54, 1.807) is 6.33 Å². The topological polar surface area (TPSA) is 40.7 Å². The van der Waals surface area contributed by atoms with Crippen molar-refractivity contribution in [1.29, 1.82) is 0 Å². The van der Waals surface area contributed by atoms with Crippen LogP contribution in [0.3, 0.4) is 0 Å². The second kappa shape index (κ2) is 5.05. The third-order valence-corrected chi connectivity index (χ3v) is 3.94. The smallest absolute Gasteiger partial charge is 0.0925 e. The Hall–Kier alpha value is -1.81. The Bertz CT molecular complexity index is 718. The lowest BCUT2D eigenvalue weighted by Gasteiger charge is -2.10. The second-order valence-corrected chi connectivity index (χ2v) is 5.32. The van der Waals surface area contributed by atoms with E-state index >= 15 is 0 Å². The molecule has 4 heteroatoms. The highest BCUT2D eigenvalue weighted by atomic mass is 79.9. The number of benzene rings is 2. The van der Waals surface area contributed by atoms with Crippen molar-refractivity contribution < 1.29 is 0 Å². The first-order valence-electron chi connectivity index (χ1n) is 6.15. The molecule has 3 aromatic rings. The van der Waals surface area contributed by atoms with Crippen molar-refractivity contribution in [3.05, 3.63) is 58.6 Å². The van der Waals surface area contributed by atoms with Gasteiger partial charge in [0.1, 0.15) is 0 Å². The molecule has 96 valence electrons. The number of rotatable bonds is 3. The fourth-order valence-corrected chi connectivity index (χ4v) is 2.64. The largest absolute Gasteiger partial charge is 0.379 e. The summed E-state index contributed by atoms with van der Waals surface area (Å²) in [4.78, 5) is 7.39. The van der Waals surface area contributed by atoms with Gasteiger partial charge in [0.2, 0.25) is 0 Å². The molecule has 0 aliphatic carbocycles. The maximum Gasteiger partial charge on any atom is 0.0925 e. The number of hydrogen-bond donors (Lipinski definition) is 2. The Balaban J connectivity index is 1.93. The van der Waals surface area contributed by atoms with Crippen molar-refractivity contribution in [2.75, 3.05) is 5.32 Å². The van der Waals surface area contributed by atoms with Crippen LogP contribution >= 0.6 is 15.9 Å². The summed E-state index contributed by atoms with van der Waals surface area (Å²) >= 11 is 3.59. The molecule has 0 saturated heterocycles. The van der Waals surface area contributed by atoms with Crippen molar-refractivity contribution in [2.24, 2.45) is 0 Å². The molecule has 0 saturated carbocycles. The highest BCUT2D eigenvalue weighted by Gasteiger charge is 2.05. The molecule has 3 nitrogen and oxygen atoms in total. The van der Waals surface area contributed by atoms with Crippen LogP contribution in [0.1, 0.15) is 11.4 Å². The van der Waals surface area contributed by atoms with Crippen molar-refractivity contribution in [1.82, 2.24) is 9.97 Å². The molecule has 1 heterocycles. The number of hydrogen-bond acceptors (Lipinski definition) is 2. The summed E-state index contributed by atoms with van der Waals surface area (Å²) in [5, 5.41) is 5.88. The average Bonchev–Trinajstić information content (AvgIpc) is 2.84. The Morgan fingerprint density at radius 3 is 2.68 bits per heavy atom. The Morgan fingerprint density at radius 1 is 1.16 bits per heavy atom. The first kappa shape index (κ1) is 12.2. The second-order valence-electron chi connectivity index (χ2n) is 4.47. The van der Waals surface area contributed by atoms with Gasteiger partial charge in [-0.3, -0.25) is 0 Å². The lowest BCUT2D eigenvalue weighted by atomic mass is 10.1. The van der Waals surface area contributed by atoms with Crippen LogP contribution in [0.5, 0.6) is 0 Å². The number of imidazole rings is 1. The molecular formula is C15H14BrN3. The van der Waals surface area contributed by atoms with E-state index in [9.17, 15) is 0 Å². The predicted octanol–water partition coefficient (Wildman–Crippen LogP) is 4.25. The minimum Gasteiger partial charge on any atom is -0.379 e. The van der Waals surface area contributed by atoms with Crippen molar-refractivity contribution in [3.63, 3.8) is 0 Å². The Morgan fingerprint density at radius 2 is 1.95 bits per heavy atom. The van der Waals surface area contributed by atoms with Gasteiger partial charge in [-0.25, -0.2) is 4.98 Å². The molecule has 0 amide bonds. The molecule has 3 rings (SSSR count). The van der Waals surface area contributed by atoms with Gasteiger partial charge in [-0.2, -0.15) is 0 Å². The van der Waals surface area contributed by atoms with E-state index in [1.165, 1.54) is 10.8 Å². The Labute approximate surface area is 120 Å². The third-order valence-electron chi connectivity index (χ3n) is 3.25. The molecular weight excluding hydrogens is 302 g/mol. The Kier molecular flexibility index (Phi) is 3.25. The number of aromatic amines is 1. The molecule has 0 spiro atoms. The van der Waals surface area contributed by atoms with Crippen LogP contribution in [0.4, 0.5) is 5.69 Å². The number of halogens is 1. The lowest BCUT2D eigenvalue weighted by molar-refractivity contribution is 1.05. The number of aromatic nitrogens is 2. The van der Waals surface area contributed by atoms with Gasteiger partial charge in [0.05, 0.1) is 18.6 Å². The molecule has 0 fully saturated rings. The number of nitrogens with one attached hydrogen (secondary N) is 2. The molecule has 0 aliphatic rings. The highest BCUT2D eigenvalue weighted by molar-refractivity contribution is 9.10. The average molecular weight is 316 g/mol. The zero-order valence-electron chi connectivity index (χ0n) is 10.6. The van der Waals surface area contributed by atoms with Gasteiger partial charge >= 0.3 is 0 Å². The van der Waals surface area contributed by atoms with E-state index in [4.69, 9.17) is 0 Å². The van der Waals surface area contributed by atoms with E-state index in [1.807, 2.05) is 6.92 Å². The summed E-state index contributed by atoms with van der Waals surface area (Å²) < 4.78 is 1.12. The van der Waals surface area contributed by atoms with Crippen molar-refractivity contribution in [2.45, 2.75) is 13.5 Å². The third kappa shape index (κ3) is 2.36. The molecule has 0 unspecified atom stereocenters. The van der Waals surface area contributed by atoms with Crippen LogP contribution in [-0.2, 0) is 6.54 Å². The standard InChI is InChI=1S/C15H14BrN3/c1-10-15(19-9-18-10)8-17-14-7-6-13(16)11-4-2-3-5-12(11)14/h2-7,9,17H,8H2,1H3,(H,18,19). The van der Waals surface area contributed by atoms with Crippen LogP contribution in [-0.4, -0.2) is 9.97 Å². The molecule has 0 radical (unpaired) electrons. The van der Waals surface area contributed by atoms with Crippen LogP contribution in [0, 0.1) is 6.92 Å². The van der Waals surface area contributed by atoms with Gasteiger partial charge in [0.25, 0.3) is 0 Å². The van der Waals surface area contributed by atoms with Crippen LogP contribution in [0.15, 0.2) is 47.2 Å². The minimum absolute atomic E-state index is 0.723. The zero-order chi connectivity index (χ0) is 13.2. The van der Waals surface area contributed by atoms with E-state index < -0.39 is 0 Å². The first-order chi connectivity index (χ1) is 9.25. The monoisotopic (exact) mass is 315 g/mol. The number of nitrogens with zero attached hydrogens (tertiary/aromatic N) is 1. The predicted molar refractivity (Wildman–Crippen MR) is 82.3 cm³/mol. The zero-order valence-corrected chi connectivity index (χ0v) is 12.2. The highest BCUT2D eigenvalue weighted by Crippen LogP contribution is 2.30. The van der Waals surface area contributed by atoms with Crippen LogP contribution in [0.2, 0.25) is 0 Å². The molecule has 2 aromatic carbocycles. The van der Waals surface area contributed by atoms with E-state index in [0.717, 1.165) is 28.1 Å². The molecule has 1 aromatic heterocycles. The van der Waals surface area contributed by atoms with Crippen LogP contribution < -0.4 is 5.32 Å². The fraction of sp³-hybridized carbons (Fsp3) is 0.133. The van der Waals surface area contributed by atoms with Gasteiger partial charge < -0.3 is 10.3 Å². The van der Waals surface area contributed by atoms with Gasteiger partial charge in [0.15, 0.2) is 0 Å². The summed E-state index contributed by atoms with van der Waals surface area (Å²) in [5.74, 6) is 0. The van der Waals surface area contributed by atoms with Gasteiger partial charge in [-0.05, 0) is 24.4 Å². The summed E-state index contributed by atoms with van der Waals surface area (Å²) in [7, 11) is 0. The molecule has 0 aliphatic heterocycles. The summed E-state index contributed by atoms with van der Waals surface area (Å²) in [6, 6.07) is 12.5. The number of anilines is 1. The maximum absolute atomic E-state index is 4.30. The first-order valence-corrected chi connectivity index (χ1v) is 6.95. The molecule has 2 N–H and O–H groups in total. The van der Waals surface area contributed by atoms with E-state index in [0.29, 0.717) is 0 Å². The summed E-state index contributed by atoms with van der Waals surface area (Å²) in [5.41, 5.74) is 3.28. The SMILES string of the molecule is Cc1[nH]cnc1CNc1ccc(Br)c2ccccc12. The van der Waals surface area contributed by atoms with Gasteiger partial charge in [0, 0.05) is 21.2 Å². The summed E-state index contributed by atoms with van der Waals surface area (Å²) in [6.45, 7) is 2.75. The van der Waals surface area contributed by atoms with Gasteiger partial charge in [-0.1, -0.05) is 40.2 Å². The normalized spacial score (nSPS) is 10.8. The van der Waals surface area contributed by atoms with Crippen molar-refractivity contribution >= 4 is 32.4 Å². The number of fused-ring (bicyclic) bond motifs is 1. The van der Waals surface area contributed by atoms with E-state index in [2.05, 4.69) is 67.6 Å². The quantitative estimate of drug-likeness (QED) is 0.758. The van der Waals surface area contributed by atoms with Crippen molar-refractivity contribution in [3.8, 4) is 0 Å². The fourth-order valence-electron chi connectivity index (χ4n) is 2.16. The lowest BCUT2D eigenvalue weighted by Crippen LogP contribution is -2.01. The number of aryl methyl sites for hydroxylation is 1. The minimum atomic E-state index is 0.723. The van der Waals surface area contributed by atoms with Gasteiger partial charge in [-0.15, -0.1) is 0 Å². The molecule has 0 bridgehead atoms.